The van der Waals surface area contributed by atoms with Gasteiger partial charge in [-0.15, -0.1) is 0 Å². The summed E-state index contributed by atoms with van der Waals surface area (Å²) in [7, 11) is -2.34. The molecule has 2 aromatic rings. The van der Waals surface area contributed by atoms with E-state index in [4.69, 9.17) is 21.1 Å². The van der Waals surface area contributed by atoms with Gasteiger partial charge in [-0.1, -0.05) is 17.7 Å². The van der Waals surface area contributed by atoms with Crippen molar-refractivity contribution in [2.24, 2.45) is 0 Å². The van der Waals surface area contributed by atoms with Crippen LogP contribution in [-0.2, 0) is 19.6 Å². The Balaban J connectivity index is 2.10. The zero-order valence-electron chi connectivity index (χ0n) is 17.0. The molecule has 8 nitrogen and oxygen atoms in total. The molecule has 0 bridgehead atoms. The lowest BCUT2D eigenvalue weighted by molar-refractivity contribution is -0.119. The molecule has 0 saturated carbocycles. The summed E-state index contributed by atoms with van der Waals surface area (Å²) in [6.07, 6.45) is 0. The monoisotopic (exact) mass is 454 g/mol. The van der Waals surface area contributed by atoms with Crippen molar-refractivity contribution in [1.82, 2.24) is 4.72 Å². The zero-order chi connectivity index (χ0) is 22.5. The Labute approximate surface area is 180 Å². The van der Waals surface area contributed by atoms with Gasteiger partial charge < -0.3 is 14.8 Å². The molecule has 1 amide bonds. The highest BCUT2D eigenvalue weighted by atomic mass is 35.5. The molecule has 0 atom stereocenters. The first-order valence-corrected chi connectivity index (χ1v) is 10.8. The van der Waals surface area contributed by atoms with Crippen LogP contribution in [0.25, 0.3) is 0 Å². The molecule has 10 heteroatoms. The van der Waals surface area contributed by atoms with Gasteiger partial charge in [-0.25, -0.2) is 17.9 Å². The number of rotatable bonds is 8. The Morgan fingerprint density at radius 2 is 1.83 bits per heavy atom. The van der Waals surface area contributed by atoms with Gasteiger partial charge in [0.2, 0.25) is 10.0 Å². The first-order valence-electron chi connectivity index (χ1n) is 8.97. The number of esters is 1. The third-order valence-electron chi connectivity index (χ3n) is 3.90. The van der Waals surface area contributed by atoms with Crippen molar-refractivity contribution in [3.8, 4) is 5.75 Å². The first kappa shape index (κ1) is 23.7. The fourth-order valence-electron chi connectivity index (χ4n) is 2.54. The first-order chi connectivity index (χ1) is 14.0. The Morgan fingerprint density at radius 1 is 1.13 bits per heavy atom. The van der Waals surface area contributed by atoms with E-state index in [0.717, 1.165) is 0 Å². The molecule has 0 spiro atoms. The number of hydrogen-bond donors (Lipinski definition) is 2. The summed E-state index contributed by atoms with van der Waals surface area (Å²) in [6.45, 7) is 4.44. The molecule has 0 fully saturated rings. The Kier molecular flexibility index (Phi) is 7.83. The van der Waals surface area contributed by atoms with E-state index in [9.17, 15) is 18.0 Å². The Hall–Kier alpha value is -2.62. The van der Waals surface area contributed by atoms with Crippen molar-refractivity contribution in [3.05, 3.63) is 52.5 Å². The van der Waals surface area contributed by atoms with Crippen LogP contribution in [0.15, 0.2) is 41.3 Å². The standard InChI is InChI=1S/C20H23ClN2O6S/c1-12(2)23-30(26,27)15-7-5-13(3)16(10-15)20(25)29-11-19(24)22-17-9-14(21)6-8-18(17)28-4/h5-10,12,23H,11H2,1-4H3,(H,22,24). The van der Waals surface area contributed by atoms with Gasteiger partial charge >= 0.3 is 5.97 Å². The quantitative estimate of drug-likeness (QED) is 0.593. The highest BCUT2D eigenvalue weighted by molar-refractivity contribution is 7.89. The van der Waals surface area contributed by atoms with Crippen LogP contribution in [0.1, 0.15) is 29.8 Å². The van der Waals surface area contributed by atoms with Crippen LogP contribution in [-0.4, -0.2) is 40.1 Å². The molecule has 0 aliphatic rings. The van der Waals surface area contributed by atoms with E-state index >= 15 is 0 Å². The number of sulfonamides is 1. The molecule has 2 rings (SSSR count). The minimum Gasteiger partial charge on any atom is -0.495 e. The molecule has 2 aromatic carbocycles. The number of nitrogens with one attached hydrogen (secondary N) is 2. The predicted octanol–water partition coefficient (Wildman–Crippen LogP) is 3.14. The molecule has 30 heavy (non-hydrogen) atoms. The molecule has 0 heterocycles. The smallest absolute Gasteiger partial charge is 0.338 e. The lowest BCUT2D eigenvalue weighted by Gasteiger charge is -2.13. The van der Waals surface area contributed by atoms with Crippen LogP contribution >= 0.6 is 11.6 Å². The maximum atomic E-state index is 12.4. The number of benzene rings is 2. The summed E-state index contributed by atoms with van der Waals surface area (Å²) in [5.74, 6) is -1.03. The number of methoxy groups -OCH3 is 1. The number of anilines is 1. The van der Waals surface area contributed by atoms with E-state index in [1.807, 2.05) is 0 Å². The van der Waals surface area contributed by atoms with Crippen molar-refractivity contribution in [3.63, 3.8) is 0 Å². The van der Waals surface area contributed by atoms with Gasteiger partial charge in [-0.3, -0.25) is 4.79 Å². The van der Waals surface area contributed by atoms with Crippen LogP contribution in [0, 0.1) is 6.92 Å². The third kappa shape index (κ3) is 6.19. The highest BCUT2D eigenvalue weighted by Crippen LogP contribution is 2.27. The number of amides is 1. The number of carbonyl (C=O) groups is 2. The third-order valence-corrected chi connectivity index (χ3v) is 5.79. The van der Waals surface area contributed by atoms with Gasteiger partial charge in [0.05, 0.1) is 23.3 Å². The molecule has 0 radical (unpaired) electrons. The molecular weight excluding hydrogens is 432 g/mol. The summed E-state index contributed by atoms with van der Waals surface area (Å²) >= 11 is 5.92. The molecule has 0 aliphatic carbocycles. The fraction of sp³-hybridized carbons (Fsp3) is 0.300. The van der Waals surface area contributed by atoms with Gasteiger partial charge in [0.15, 0.2) is 6.61 Å². The van der Waals surface area contributed by atoms with Crippen LogP contribution < -0.4 is 14.8 Å². The number of ether oxygens (including phenoxy) is 2. The highest BCUT2D eigenvalue weighted by Gasteiger charge is 2.20. The van der Waals surface area contributed by atoms with E-state index in [2.05, 4.69) is 10.0 Å². The van der Waals surface area contributed by atoms with Crippen LogP contribution in [0.3, 0.4) is 0 Å². The lowest BCUT2D eigenvalue weighted by Crippen LogP contribution is -2.30. The topological polar surface area (TPSA) is 111 Å². The predicted molar refractivity (Wildman–Crippen MR) is 114 cm³/mol. The number of hydrogen-bond acceptors (Lipinski definition) is 6. The summed E-state index contributed by atoms with van der Waals surface area (Å²) in [6, 6.07) is 8.51. The zero-order valence-corrected chi connectivity index (χ0v) is 18.6. The second-order valence-electron chi connectivity index (χ2n) is 6.72. The molecule has 0 saturated heterocycles. The van der Waals surface area contributed by atoms with Crippen LogP contribution in [0.4, 0.5) is 5.69 Å². The largest absolute Gasteiger partial charge is 0.495 e. The number of aryl methyl sites for hydroxylation is 1. The second-order valence-corrected chi connectivity index (χ2v) is 8.87. The van der Waals surface area contributed by atoms with E-state index in [1.54, 1.807) is 32.9 Å². The molecule has 2 N–H and O–H groups in total. The van der Waals surface area contributed by atoms with Crippen molar-refractivity contribution in [1.29, 1.82) is 0 Å². The average Bonchev–Trinajstić information content (AvgIpc) is 2.65. The van der Waals surface area contributed by atoms with Crippen LogP contribution in [0.2, 0.25) is 5.02 Å². The molecule has 0 aliphatic heterocycles. The Bertz CT molecular complexity index is 1050. The van der Waals surface area contributed by atoms with Crippen molar-refractivity contribution in [2.45, 2.75) is 31.7 Å². The van der Waals surface area contributed by atoms with E-state index in [-0.39, 0.29) is 16.5 Å². The fourth-order valence-corrected chi connectivity index (χ4v) is 3.99. The summed E-state index contributed by atoms with van der Waals surface area (Å²) in [5, 5.41) is 2.94. The minimum absolute atomic E-state index is 0.0507. The van der Waals surface area contributed by atoms with Crippen molar-refractivity contribution < 1.29 is 27.5 Å². The van der Waals surface area contributed by atoms with E-state index in [1.165, 1.54) is 31.4 Å². The SMILES string of the molecule is COc1ccc(Cl)cc1NC(=O)COC(=O)c1cc(S(=O)(=O)NC(C)C)ccc1C. The molecule has 0 unspecified atom stereocenters. The number of carbonyl (C=O) groups excluding carboxylic acids is 2. The van der Waals surface area contributed by atoms with E-state index < -0.39 is 28.5 Å². The van der Waals surface area contributed by atoms with Crippen molar-refractivity contribution in [2.75, 3.05) is 19.0 Å². The average molecular weight is 455 g/mol. The van der Waals surface area contributed by atoms with Gasteiger partial charge in [0.25, 0.3) is 5.91 Å². The number of halogens is 1. The van der Waals surface area contributed by atoms with Gasteiger partial charge in [-0.05, 0) is 56.7 Å². The summed E-state index contributed by atoms with van der Waals surface area (Å²) in [4.78, 5) is 24.5. The Morgan fingerprint density at radius 3 is 2.47 bits per heavy atom. The normalized spacial score (nSPS) is 11.3. The summed E-state index contributed by atoms with van der Waals surface area (Å²) < 4.78 is 37.3. The summed E-state index contributed by atoms with van der Waals surface area (Å²) in [5.41, 5.74) is 0.894. The van der Waals surface area contributed by atoms with Crippen molar-refractivity contribution >= 4 is 39.2 Å². The molecular formula is C20H23ClN2O6S. The molecule has 0 aromatic heterocycles. The van der Waals surface area contributed by atoms with E-state index in [0.29, 0.717) is 22.0 Å². The minimum atomic E-state index is -3.78. The van der Waals surface area contributed by atoms with Gasteiger partial charge in [0, 0.05) is 11.1 Å². The lowest BCUT2D eigenvalue weighted by atomic mass is 10.1. The van der Waals surface area contributed by atoms with Gasteiger partial charge in [-0.2, -0.15) is 0 Å². The van der Waals surface area contributed by atoms with Crippen LogP contribution in [0.5, 0.6) is 5.75 Å². The van der Waals surface area contributed by atoms with Gasteiger partial charge in [0.1, 0.15) is 5.75 Å². The maximum Gasteiger partial charge on any atom is 0.338 e. The molecule has 162 valence electrons. The maximum absolute atomic E-state index is 12.4. The second kappa shape index (κ2) is 9.92.